The maximum Gasteiger partial charge on any atom is 0.219 e. The fraction of sp³-hybridized carbons (Fsp3) is 0.319. The first-order chi connectivity index (χ1) is 33.0. The second kappa shape index (κ2) is 42.9. The molecule has 6 aromatic heterocycles. The van der Waals surface area contributed by atoms with Crippen LogP contribution in [0.4, 0.5) is 23.1 Å². The van der Waals surface area contributed by atoms with Gasteiger partial charge >= 0.3 is 0 Å². The largest absolute Gasteiger partial charge is 0.399 e. The number of nitrogens with one attached hydrogen (secondary N) is 7. The lowest BCUT2D eigenvalue weighted by atomic mass is 10.1. The highest BCUT2D eigenvalue weighted by atomic mass is 16.5. The maximum atomic E-state index is 5.32. The summed E-state index contributed by atoms with van der Waals surface area (Å²) in [7, 11) is 0. The molecule has 11 heterocycles. The number of H-pyrrole nitrogens is 1. The van der Waals surface area contributed by atoms with E-state index in [0.717, 1.165) is 58.4 Å². The molecule has 360 valence electrons. The number of hydrogen-bond acceptors (Lipinski definition) is 19. The predicted molar refractivity (Wildman–Crippen MR) is 269 cm³/mol. The lowest BCUT2D eigenvalue weighted by Gasteiger charge is -2.09. The molecule has 4 fully saturated rings. The predicted octanol–water partition coefficient (Wildman–Crippen LogP) is 3.28. The first kappa shape index (κ1) is 56.1. The summed E-state index contributed by atoms with van der Waals surface area (Å²) in [5.74, 6) is 0.831. The fourth-order valence-electron chi connectivity index (χ4n) is 4.72. The number of nitrogens with zero attached hydrogens (tertiary/aromatic N) is 8. The molecule has 4 saturated heterocycles. The van der Waals surface area contributed by atoms with Crippen LogP contribution in [0.25, 0.3) is 0 Å². The number of fused-ring (bicyclic) bond motifs is 1. The second-order valence-corrected chi connectivity index (χ2v) is 13.8. The van der Waals surface area contributed by atoms with Crippen molar-refractivity contribution in [2.45, 2.75) is 32.4 Å². The zero-order chi connectivity index (χ0) is 47.8. The van der Waals surface area contributed by atoms with E-state index in [1.165, 1.54) is 62.9 Å². The third kappa shape index (κ3) is 36.9. The number of rotatable bonds is 0. The minimum absolute atomic E-state index is 0.322. The average Bonchev–Trinajstić information content (AvgIpc) is 4.23. The molecule has 7 aromatic rings. The summed E-state index contributed by atoms with van der Waals surface area (Å²) < 4.78 is 4.83. The maximum absolute atomic E-state index is 5.32. The Morgan fingerprint density at radius 3 is 1.34 bits per heavy atom. The van der Waals surface area contributed by atoms with E-state index in [4.69, 9.17) is 27.7 Å². The quantitative estimate of drug-likeness (QED) is 0.104. The van der Waals surface area contributed by atoms with Crippen molar-refractivity contribution in [2.24, 2.45) is 0 Å². The van der Waals surface area contributed by atoms with Crippen LogP contribution in [0.5, 0.6) is 0 Å². The van der Waals surface area contributed by atoms with Crippen molar-refractivity contribution in [3.8, 4) is 0 Å². The van der Waals surface area contributed by atoms with Crippen LogP contribution in [0.2, 0.25) is 0 Å². The van der Waals surface area contributed by atoms with Crippen LogP contribution in [-0.4, -0.2) is 111 Å². The number of benzene rings is 1. The number of aromatic nitrogens is 9. The first-order valence-electron chi connectivity index (χ1n) is 22.1. The highest BCUT2D eigenvalue weighted by Gasteiger charge is 2.06. The molecule has 12 rings (SSSR count). The van der Waals surface area contributed by atoms with Gasteiger partial charge in [-0.15, -0.1) is 0 Å². The van der Waals surface area contributed by atoms with Crippen LogP contribution in [0.3, 0.4) is 0 Å². The van der Waals surface area contributed by atoms with E-state index in [-0.39, 0.29) is 0 Å². The van der Waals surface area contributed by atoms with Crippen molar-refractivity contribution in [1.82, 2.24) is 77.0 Å². The number of pyridine rings is 3. The van der Waals surface area contributed by atoms with Crippen LogP contribution in [0.1, 0.15) is 30.4 Å². The number of nitrogens with two attached hydrogens (primary N) is 4. The molecule has 0 spiro atoms. The van der Waals surface area contributed by atoms with Gasteiger partial charge in [0.25, 0.3) is 0 Å². The molecule has 0 radical (unpaired) electrons. The van der Waals surface area contributed by atoms with Crippen LogP contribution < -0.4 is 54.8 Å². The zero-order valence-corrected chi connectivity index (χ0v) is 38.4. The molecule has 5 aliphatic heterocycles. The number of nitrogen functional groups attached to an aromatic ring is 4. The van der Waals surface area contributed by atoms with Crippen molar-refractivity contribution < 1.29 is 4.74 Å². The SMILES string of the molecule is C1CCNC1.C1CNC1.C1CNCN1.C1COCN1.Nc1cccnc1.Nc1ccncc1.Nc1ccncn1.Nc1ncccn1.c1ccc2c(c1)CNC2.c1ccncc1.c1cn[nH]c1. The summed E-state index contributed by atoms with van der Waals surface area (Å²) >= 11 is 0. The number of aromatic amines is 1. The molecule has 0 saturated carbocycles. The van der Waals surface area contributed by atoms with Crippen LogP contribution in [-0.2, 0) is 17.8 Å². The van der Waals surface area contributed by atoms with Gasteiger partial charge in [0.15, 0.2) is 0 Å². The Bertz CT molecular complexity index is 1730. The topological polar surface area (TPSA) is 304 Å². The summed E-state index contributed by atoms with van der Waals surface area (Å²) in [4.78, 5) is 25.9. The van der Waals surface area contributed by atoms with E-state index in [0.29, 0.717) is 17.5 Å². The number of ether oxygens (including phenoxy) is 1. The molecule has 0 amide bonds. The molecule has 20 nitrogen and oxygen atoms in total. The minimum Gasteiger partial charge on any atom is -0.399 e. The molecule has 0 aliphatic carbocycles. The third-order valence-electron chi connectivity index (χ3n) is 8.32. The fourth-order valence-corrected chi connectivity index (χ4v) is 4.72. The van der Waals surface area contributed by atoms with Crippen LogP contribution in [0, 0.1) is 0 Å². The summed E-state index contributed by atoms with van der Waals surface area (Å²) in [6, 6.07) is 26.5. The molecule has 67 heavy (non-hydrogen) atoms. The van der Waals surface area contributed by atoms with E-state index >= 15 is 0 Å². The van der Waals surface area contributed by atoms with Crippen molar-refractivity contribution in [3.05, 3.63) is 171 Å². The molecule has 0 unspecified atom stereocenters. The number of hydrogen-bond donors (Lipinski definition) is 11. The lowest BCUT2D eigenvalue weighted by molar-refractivity contribution is 0.194. The smallest absolute Gasteiger partial charge is 0.219 e. The van der Waals surface area contributed by atoms with Gasteiger partial charge in [0.2, 0.25) is 5.95 Å². The Labute approximate surface area is 395 Å². The van der Waals surface area contributed by atoms with Gasteiger partial charge in [-0.25, -0.2) is 19.9 Å². The summed E-state index contributed by atoms with van der Waals surface area (Å²) in [5, 5.41) is 25.1. The van der Waals surface area contributed by atoms with Gasteiger partial charge in [0.05, 0.1) is 19.0 Å². The van der Waals surface area contributed by atoms with Gasteiger partial charge in [0, 0.05) is 113 Å². The van der Waals surface area contributed by atoms with Crippen molar-refractivity contribution in [2.75, 3.05) is 88.8 Å². The van der Waals surface area contributed by atoms with E-state index in [1.54, 1.807) is 105 Å². The van der Waals surface area contributed by atoms with E-state index in [1.807, 2.05) is 24.3 Å². The molecular formula is C47H71N19O. The highest BCUT2D eigenvalue weighted by Crippen LogP contribution is 2.13. The minimum atomic E-state index is 0.322. The van der Waals surface area contributed by atoms with E-state index < -0.39 is 0 Å². The van der Waals surface area contributed by atoms with Crippen molar-refractivity contribution in [1.29, 1.82) is 0 Å². The van der Waals surface area contributed by atoms with Crippen molar-refractivity contribution >= 4 is 23.1 Å². The highest BCUT2D eigenvalue weighted by molar-refractivity contribution is 5.34. The van der Waals surface area contributed by atoms with Gasteiger partial charge < -0.3 is 54.3 Å². The Balaban J connectivity index is 0.000000255. The average molecular weight is 918 g/mol. The molecule has 1 aromatic carbocycles. The van der Waals surface area contributed by atoms with Crippen LogP contribution in [0.15, 0.2) is 159 Å². The third-order valence-corrected chi connectivity index (χ3v) is 8.32. The lowest BCUT2D eigenvalue weighted by Crippen LogP contribution is -2.29. The Hall–Kier alpha value is -7.04. The summed E-state index contributed by atoms with van der Waals surface area (Å²) in [6.07, 6.45) is 24.0. The standard InChI is InChI=1S/C8H9N.2C5H6N2.C5H5N.2C4H5N3.C4H9N.C3H8N2.C3H4N2.C3H7NO.C3H7N/c1-2-4-8-6-9-5-7(8)3-1;6-5-1-3-7-4-2-5;6-5-2-1-3-7-4-5;1-2-4-6-5-3-1;5-4-1-2-6-3-7-4;5-4-6-2-1-3-7-4;1-2-4-5-3-1;1-2-5-3-4-1;1-2-4-5-3-1;1-2-5-3-4-1;1-2-4-3-1/h1-4,9H,5-6H2;1-4H,(H2,6,7);1-4H,6H2;1-5H;2*1-3H,(H2,5,6,7);5H,1-4H2;4-5H,1-3H2;1-3H,(H,4,5);4H,1-3H2;4H,1-3H2. The molecule has 20 heteroatoms. The monoisotopic (exact) mass is 918 g/mol. The van der Waals surface area contributed by atoms with Gasteiger partial charge in [-0.2, -0.15) is 5.10 Å². The molecule has 5 aliphatic rings. The summed E-state index contributed by atoms with van der Waals surface area (Å²) in [5.41, 5.74) is 25.3. The summed E-state index contributed by atoms with van der Waals surface area (Å²) in [6.45, 7) is 13.0. The zero-order valence-electron chi connectivity index (χ0n) is 38.4. The van der Waals surface area contributed by atoms with E-state index in [2.05, 4.69) is 101 Å². The van der Waals surface area contributed by atoms with Gasteiger partial charge in [-0.05, 0) is 111 Å². The Kier molecular flexibility index (Phi) is 35.9. The Morgan fingerprint density at radius 2 is 1.07 bits per heavy atom. The normalized spacial score (nSPS) is 13.8. The van der Waals surface area contributed by atoms with E-state index in [9.17, 15) is 0 Å². The van der Waals surface area contributed by atoms with Gasteiger partial charge in [-0.1, -0.05) is 30.3 Å². The van der Waals surface area contributed by atoms with Crippen LogP contribution >= 0.6 is 0 Å². The molecule has 0 bridgehead atoms. The second-order valence-electron chi connectivity index (χ2n) is 13.8. The Morgan fingerprint density at radius 1 is 0.448 bits per heavy atom. The number of anilines is 4. The van der Waals surface area contributed by atoms with Crippen molar-refractivity contribution in [3.63, 3.8) is 0 Å². The van der Waals surface area contributed by atoms with Gasteiger partial charge in [0.1, 0.15) is 12.1 Å². The molecular weight excluding hydrogens is 847 g/mol. The first-order valence-corrected chi connectivity index (χ1v) is 22.1. The van der Waals surface area contributed by atoms with Gasteiger partial charge in [-0.3, -0.25) is 25.4 Å². The molecule has 0 atom stereocenters. The molecule has 15 N–H and O–H groups in total.